The summed E-state index contributed by atoms with van der Waals surface area (Å²) in [5.41, 5.74) is -4.35. The lowest BCUT2D eigenvalue weighted by atomic mass is 9.90. The Balaban J connectivity index is 3.23. The molecule has 0 saturated heterocycles. The topological polar surface area (TPSA) is 76.0 Å². The summed E-state index contributed by atoms with van der Waals surface area (Å²) in [6.07, 6.45) is -7.93. The van der Waals surface area contributed by atoms with E-state index in [9.17, 15) is 28.2 Å². The van der Waals surface area contributed by atoms with E-state index < -0.39 is 23.9 Å². The summed E-state index contributed by atoms with van der Waals surface area (Å²) in [5.74, 6) is -1.65. The Morgan fingerprint density at radius 3 is 2.05 bits per heavy atom. The SMILES string of the molecule is COC(=O)C(O)(C(O)c1ccc(OC)cc1)C(F)(F)F. The maximum Gasteiger partial charge on any atom is 0.431 e. The fourth-order valence-corrected chi connectivity index (χ4v) is 1.57. The van der Waals surface area contributed by atoms with E-state index in [-0.39, 0.29) is 5.56 Å². The number of halogens is 3. The molecule has 2 atom stereocenters. The van der Waals surface area contributed by atoms with Crippen molar-refractivity contribution in [2.24, 2.45) is 0 Å². The number of aliphatic hydroxyl groups excluding tert-OH is 1. The monoisotopic (exact) mass is 294 g/mol. The lowest BCUT2D eigenvalue weighted by molar-refractivity contribution is -0.288. The van der Waals surface area contributed by atoms with Crippen LogP contribution in [0.1, 0.15) is 11.7 Å². The second-order valence-electron chi connectivity index (χ2n) is 3.93. The number of carbonyl (C=O) groups is 1. The van der Waals surface area contributed by atoms with E-state index in [1.54, 1.807) is 0 Å². The van der Waals surface area contributed by atoms with Gasteiger partial charge >= 0.3 is 12.1 Å². The number of alkyl halides is 3. The Hall–Kier alpha value is -1.80. The van der Waals surface area contributed by atoms with Gasteiger partial charge in [-0.15, -0.1) is 0 Å². The maximum absolute atomic E-state index is 12.9. The van der Waals surface area contributed by atoms with E-state index in [1.807, 2.05) is 0 Å². The van der Waals surface area contributed by atoms with Crippen LogP contribution >= 0.6 is 0 Å². The number of hydrogen-bond donors (Lipinski definition) is 2. The molecule has 1 rings (SSSR count). The number of esters is 1. The van der Waals surface area contributed by atoms with Gasteiger partial charge in [-0.05, 0) is 17.7 Å². The molecule has 0 bridgehead atoms. The van der Waals surface area contributed by atoms with E-state index in [0.29, 0.717) is 12.9 Å². The van der Waals surface area contributed by atoms with Gasteiger partial charge in [0.1, 0.15) is 11.9 Å². The summed E-state index contributed by atoms with van der Waals surface area (Å²) in [5, 5.41) is 19.3. The molecule has 0 saturated carbocycles. The fourth-order valence-electron chi connectivity index (χ4n) is 1.57. The number of rotatable bonds is 4. The van der Waals surface area contributed by atoms with Crippen LogP contribution < -0.4 is 4.74 Å². The third-order valence-electron chi connectivity index (χ3n) is 2.76. The minimum absolute atomic E-state index is 0.309. The highest BCUT2D eigenvalue weighted by Gasteiger charge is 2.65. The first-order valence-corrected chi connectivity index (χ1v) is 5.38. The Bertz CT molecular complexity index is 471. The molecule has 0 aliphatic carbocycles. The van der Waals surface area contributed by atoms with Crippen LogP contribution in [0.5, 0.6) is 5.75 Å². The molecule has 1 aromatic carbocycles. The van der Waals surface area contributed by atoms with Gasteiger partial charge in [0.15, 0.2) is 0 Å². The molecular formula is C12H13F3O5. The predicted octanol–water partition coefficient (Wildman–Crippen LogP) is 1.20. The van der Waals surface area contributed by atoms with Crippen LogP contribution in [-0.4, -0.2) is 42.2 Å². The third kappa shape index (κ3) is 2.70. The van der Waals surface area contributed by atoms with Crippen molar-refractivity contribution in [3.8, 4) is 5.75 Å². The molecule has 1 aromatic rings. The summed E-state index contributed by atoms with van der Waals surface area (Å²) in [6.45, 7) is 0. The molecule has 0 aliphatic heterocycles. The molecule has 0 amide bonds. The van der Waals surface area contributed by atoms with Crippen LogP contribution in [0.25, 0.3) is 0 Å². The Kier molecular flexibility index (Phi) is 4.61. The highest BCUT2D eigenvalue weighted by Crippen LogP contribution is 2.41. The standard InChI is InChI=1S/C12H13F3O5/c1-19-8-5-3-7(4-6-8)9(16)11(18,10(17)20-2)12(13,14)15/h3-6,9,16,18H,1-2H3. The summed E-state index contributed by atoms with van der Waals surface area (Å²) in [4.78, 5) is 11.2. The fraction of sp³-hybridized carbons (Fsp3) is 0.417. The Morgan fingerprint density at radius 2 is 1.70 bits per heavy atom. The molecule has 5 nitrogen and oxygen atoms in total. The van der Waals surface area contributed by atoms with Gasteiger partial charge in [-0.2, -0.15) is 13.2 Å². The van der Waals surface area contributed by atoms with Gasteiger partial charge < -0.3 is 19.7 Å². The van der Waals surface area contributed by atoms with Crippen LogP contribution in [-0.2, 0) is 9.53 Å². The molecule has 0 radical (unpaired) electrons. The third-order valence-corrected chi connectivity index (χ3v) is 2.76. The van der Waals surface area contributed by atoms with E-state index in [1.165, 1.54) is 19.2 Å². The first-order chi connectivity index (χ1) is 9.18. The van der Waals surface area contributed by atoms with Gasteiger partial charge in [0.05, 0.1) is 14.2 Å². The Labute approximate surface area is 112 Å². The summed E-state index contributed by atoms with van der Waals surface area (Å²) in [7, 11) is 2.03. The van der Waals surface area contributed by atoms with Crippen LogP contribution in [0.15, 0.2) is 24.3 Å². The molecular weight excluding hydrogens is 281 g/mol. The zero-order valence-electron chi connectivity index (χ0n) is 10.6. The van der Waals surface area contributed by atoms with Crippen molar-refractivity contribution in [2.45, 2.75) is 17.9 Å². The number of hydrogen-bond acceptors (Lipinski definition) is 5. The molecule has 0 heterocycles. The van der Waals surface area contributed by atoms with Gasteiger partial charge in [-0.25, -0.2) is 4.79 Å². The maximum atomic E-state index is 12.9. The average molecular weight is 294 g/mol. The number of carbonyl (C=O) groups excluding carboxylic acids is 1. The summed E-state index contributed by atoms with van der Waals surface area (Å²) >= 11 is 0. The zero-order valence-corrected chi connectivity index (χ0v) is 10.6. The van der Waals surface area contributed by atoms with E-state index in [0.717, 1.165) is 12.1 Å². The molecule has 112 valence electrons. The van der Waals surface area contributed by atoms with E-state index in [2.05, 4.69) is 4.74 Å². The van der Waals surface area contributed by atoms with Crippen molar-refractivity contribution in [1.82, 2.24) is 0 Å². The number of aliphatic hydroxyl groups is 2. The minimum atomic E-state index is -5.40. The van der Waals surface area contributed by atoms with Crippen molar-refractivity contribution < 1.29 is 37.7 Å². The molecule has 2 unspecified atom stereocenters. The first-order valence-electron chi connectivity index (χ1n) is 5.38. The molecule has 8 heteroatoms. The smallest absolute Gasteiger partial charge is 0.431 e. The molecule has 20 heavy (non-hydrogen) atoms. The second-order valence-corrected chi connectivity index (χ2v) is 3.93. The zero-order chi connectivity index (χ0) is 15.6. The van der Waals surface area contributed by atoms with Crippen molar-refractivity contribution in [3.63, 3.8) is 0 Å². The molecule has 0 spiro atoms. The number of benzene rings is 1. The molecule has 2 N–H and O–H groups in total. The summed E-state index contributed by atoms with van der Waals surface area (Å²) < 4.78 is 47.4. The van der Waals surface area contributed by atoms with Gasteiger partial charge in [-0.1, -0.05) is 12.1 Å². The average Bonchev–Trinajstić information content (AvgIpc) is 2.43. The lowest BCUT2D eigenvalue weighted by Gasteiger charge is -2.32. The van der Waals surface area contributed by atoms with Gasteiger partial charge in [0.2, 0.25) is 0 Å². The number of methoxy groups -OCH3 is 2. The normalized spacial score (nSPS) is 16.1. The molecule has 0 aromatic heterocycles. The van der Waals surface area contributed by atoms with Crippen molar-refractivity contribution in [1.29, 1.82) is 0 Å². The lowest BCUT2D eigenvalue weighted by Crippen LogP contribution is -2.57. The van der Waals surface area contributed by atoms with Gasteiger partial charge in [0.25, 0.3) is 5.60 Å². The molecule has 0 fully saturated rings. The predicted molar refractivity (Wildman–Crippen MR) is 61.0 cm³/mol. The number of ether oxygens (including phenoxy) is 2. The highest BCUT2D eigenvalue weighted by molar-refractivity contribution is 5.81. The van der Waals surface area contributed by atoms with Crippen molar-refractivity contribution >= 4 is 5.97 Å². The van der Waals surface area contributed by atoms with Crippen molar-refractivity contribution in [2.75, 3.05) is 14.2 Å². The van der Waals surface area contributed by atoms with E-state index in [4.69, 9.17) is 4.74 Å². The first kappa shape index (κ1) is 16.3. The minimum Gasteiger partial charge on any atom is -0.497 e. The highest BCUT2D eigenvalue weighted by atomic mass is 19.4. The molecule has 0 aliphatic rings. The van der Waals surface area contributed by atoms with Crippen LogP contribution in [0.3, 0.4) is 0 Å². The van der Waals surface area contributed by atoms with Gasteiger partial charge in [-0.3, -0.25) is 0 Å². The largest absolute Gasteiger partial charge is 0.497 e. The van der Waals surface area contributed by atoms with Crippen LogP contribution in [0.4, 0.5) is 13.2 Å². The second kappa shape index (κ2) is 5.68. The van der Waals surface area contributed by atoms with E-state index >= 15 is 0 Å². The Morgan fingerprint density at radius 1 is 1.20 bits per heavy atom. The van der Waals surface area contributed by atoms with Crippen LogP contribution in [0, 0.1) is 0 Å². The quantitative estimate of drug-likeness (QED) is 0.816. The van der Waals surface area contributed by atoms with Crippen molar-refractivity contribution in [3.05, 3.63) is 29.8 Å². The summed E-state index contributed by atoms with van der Waals surface area (Å²) in [6, 6.07) is 4.77. The van der Waals surface area contributed by atoms with Crippen LogP contribution in [0.2, 0.25) is 0 Å². The van der Waals surface area contributed by atoms with Gasteiger partial charge in [0, 0.05) is 0 Å².